The summed E-state index contributed by atoms with van der Waals surface area (Å²) in [5, 5.41) is 5.24. The molecule has 0 saturated heterocycles. The van der Waals surface area contributed by atoms with Gasteiger partial charge in [-0.05, 0) is 24.6 Å². The molecule has 6 nitrogen and oxygen atoms in total. The summed E-state index contributed by atoms with van der Waals surface area (Å²) in [7, 11) is 0. The van der Waals surface area contributed by atoms with E-state index in [4.69, 9.17) is 0 Å². The van der Waals surface area contributed by atoms with E-state index in [0.29, 0.717) is 12.2 Å². The SMILES string of the molecule is CC(=O)Nc1ccc(C)n(CC(=O)NCc2ccccc2)c1=O. The Balaban J connectivity index is 2.08. The average molecular weight is 313 g/mol. The molecule has 0 radical (unpaired) electrons. The van der Waals surface area contributed by atoms with Gasteiger partial charge in [-0.2, -0.15) is 0 Å². The first kappa shape index (κ1) is 16.5. The van der Waals surface area contributed by atoms with Crippen molar-refractivity contribution in [2.45, 2.75) is 26.9 Å². The van der Waals surface area contributed by atoms with Gasteiger partial charge in [0.2, 0.25) is 11.8 Å². The largest absolute Gasteiger partial charge is 0.350 e. The Labute approximate surface area is 134 Å². The van der Waals surface area contributed by atoms with Crippen LogP contribution in [-0.4, -0.2) is 16.4 Å². The summed E-state index contributed by atoms with van der Waals surface area (Å²) in [4.78, 5) is 35.5. The number of amides is 2. The Kier molecular flexibility index (Phi) is 5.30. The molecule has 0 fully saturated rings. The van der Waals surface area contributed by atoms with Crippen LogP contribution in [0.1, 0.15) is 18.2 Å². The lowest BCUT2D eigenvalue weighted by molar-refractivity contribution is -0.121. The predicted molar refractivity (Wildman–Crippen MR) is 88.0 cm³/mol. The van der Waals surface area contributed by atoms with E-state index in [1.165, 1.54) is 17.6 Å². The van der Waals surface area contributed by atoms with Gasteiger partial charge in [0.25, 0.3) is 5.56 Å². The first-order chi connectivity index (χ1) is 11.0. The van der Waals surface area contributed by atoms with Gasteiger partial charge in [-0.15, -0.1) is 0 Å². The molecule has 6 heteroatoms. The summed E-state index contributed by atoms with van der Waals surface area (Å²) in [6.07, 6.45) is 0. The van der Waals surface area contributed by atoms with Crippen LogP contribution in [0.25, 0.3) is 0 Å². The molecule has 2 amide bonds. The number of anilines is 1. The molecule has 0 spiro atoms. The first-order valence-corrected chi connectivity index (χ1v) is 7.26. The summed E-state index contributed by atoms with van der Waals surface area (Å²) in [6.45, 7) is 3.38. The number of aromatic nitrogens is 1. The van der Waals surface area contributed by atoms with Gasteiger partial charge in [0.1, 0.15) is 12.2 Å². The van der Waals surface area contributed by atoms with Gasteiger partial charge in [-0.1, -0.05) is 30.3 Å². The molecule has 23 heavy (non-hydrogen) atoms. The van der Waals surface area contributed by atoms with E-state index in [2.05, 4.69) is 10.6 Å². The lowest BCUT2D eigenvalue weighted by atomic mass is 10.2. The minimum atomic E-state index is -0.393. The van der Waals surface area contributed by atoms with Crippen molar-refractivity contribution in [1.29, 1.82) is 0 Å². The molecule has 1 aromatic heterocycles. The highest BCUT2D eigenvalue weighted by Crippen LogP contribution is 2.03. The standard InChI is InChI=1S/C17H19N3O3/c1-12-8-9-15(19-13(2)21)17(23)20(12)11-16(22)18-10-14-6-4-3-5-7-14/h3-9H,10-11H2,1-2H3,(H,18,22)(H,19,21). The Bertz CT molecular complexity index is 766. The van der Waals surface area contributed by atoms with Gasteiger partial charge in [-0.25, -0.2) is 0 Å². The van der Waals surface area contributed by atoms with Crippen molar-refractivity contribution in [3.05, 3.63) is 64.1 Å². The molecule has 1 heterocycles. The highest BCUT2D eigenvalue weighted by molar-refractivity contribution is 5.88. The molecule has 120 valence electrons. The monoisotopic (exact) mass is 313 g/mol. The summed E-state index contributed by atoms with van der Waals surface area (Å²) < 4.78 is 1.34. The number of hydrogen-bond donors (Lipinski definition) is 2. The second kappa shape index (κ2) is 7.40. The number of carbonyl (C=O) groups excluding carboxylic acids is 2. The van der Waals surface area contributed by atoms with E-state index in [-0.39, 0.29) is 24.0 Å². The van der Waals surface area contributed by atoms with Crippen LogP contribution in [0.4, 0.5) is 5.69 Å². The third-order valence-electron chi connectivity index (χ3n) is 3.34. The number of rotatable bonds is 5. The van der Waals surface area contributed by atoms with Crippen molar-refractivity contribution < 1.29 is 9.59 Å². The Morgan fingerprint density at radius 3 is 2.43 bits per heavy atom. The summed E-state index contributed by atoms with van der Waals surface area (Å²) in [5.41, 5.74) is 1.41. The van der Waals surface area contributed by atoms with Crippen molar-refractivity contribution >= 4 is 17.5 Å². The number of aryl methyl sites for hydroxylation is 1. The number of carbonyl (C=O) groups is 2. The van der Waals surface area contributed by atoms with E-state index in [1.54, 1.807) is 13.0 Å². The molecule has 0 aliphatic rings. The van der Waals surface area contributed by atoms with E-state index < -0.39 is 5.56 Å². The molecular formula is C17H19N3O3. The number of benzene rings is 1. The van der Waals surface area contributed by atoms with Gasteiger partial charge >= 0.3 is 0 Å². The smallest absolute Gasteiger partial charge is 0.274 e. The second-order valence-corrected chi connectivity index (χ2v) is 5.22. The lowest BCUT2D eigenvalue weighted by Gasteiger charge is -2.12. The Morgan fingerprint density at radius 1 is 1.09 bits per heavy atom. The molecule has 2 rings (SSSR count). The van der Waals surface area contributed by atoms with Gasteiger partial charge in [0.15, 0.2) is 0 Å². The number of nitrogens with zero attached hydrogens (tertiary/aromatic N) is 1. The van der Waals surface area contributed by atoms with E-state index in [1.807, 2.05) is 30.3 Å². The molecule has 2 N–H and O–H groups in total. The third-order valence-corrected chi connectivity index (χ3v) is 3.34. The highest BCUT2D eigenvalue weighted by atomic mass is 16.2. The molecule has 0 aliphatic carbocycles. The maximum atomic E-state index is 12.3. The van der Waals surface area contributed by atoms with Gasteiger partial charge in [-0.3, -0.25) is 14.4 Å². The van der Waals surface area contributed by atoms with Gasteiger partial charge in [0.05, 0.1) is 0 Å². The molecule has 0 unspecified atom stereocenters. The molecule has 0 aliphatic heterocycles. The molecule has 0 saturated carbocycles. The fourth-order valence-corrected chi connectivity index (χ4v) is 2.15. The zero-order chi connectivity index (χ0) is 16.8. The van der Waals surface area contributed by atoms with E-state index in [0.717, 1.165) is 5.56 Å². The number of hydrogen-bond acceptors (Lipinski definition) is 3. The van der Waals surface area contributed by atoms with Crippen LogP contribution in [0.3, 0.4) is 0 Å². The van der Waals surface area contributed by atoms with Crippen LogP contribution in [0.5, 0.6) is 0 Å². The lowest BCUT2D eigenvalue weighted by Crippen LogP contribution is -2.34. The summed E-state index contributed by atoms with van der Waals surface area (Å²) in [6, 6.07) is 12.8. The molecule has 1 aromatic carbocycles. The van der Waals surface area contributed by atoms with E-state index in [9.17, 15) is 14.4 Å². The first-order valence-electron chi connectivity index (χ1n) is 7.26. The van der Waals surface area contributed by atoms with Crippen molar-refractivity contribution in [2.75, 3.05) is 5.32 Å². The average Bonchev–Trinajstić information content (AvgIpc) is 2.53. The molecule has 0 bridgehead atoms. The highest BCUT2D eigenvalue weighted by Gasteiger charge is 2.11. The van der Waals surface area contributed by atoms with Crippen molar-refractivity contribution in [1.82, 2.24) is 9.88 Å². The fourth-order valence-electron chi connectivity index (χ4n) is 2.15. The predicted octanol–water partition coefficient (Wildman–Crippen LogP) is 1.43. The summed E-state index contributed by atoms with van der Waals surface area (Å²) in [5.74, 6) is -0.593. The zero-order valence-electron chi connectivity index (χ0n) is 13.1. The van der Waals surface area contributed by atoms with Crippen LogP contribution < -0.4 is 16.2 Å². The van der Waals surface area contributed by atoms with Crippen molar-refractivity contribution in [3.63, 3.8) is 0 Å². The van der Waals surface area contributed by atoms with Gasteiger partial charge < -0.3 is 15.2 Å². The van der Waals surface area contributed by atoms with Crippen LogP contribution in [0, 0.1) is 6.92 Å². The molecular weight excluding hydrogens is 294 g/mol. The topological polar surface area (TPSA) is 80.2 Å². The maximum Gasteiger partial charge on any atom is 0.274 e. The number of nitrogens with one attached hydrogen (secondary N) is 2. The van der Waals surface area contributed by atoms with Crippen LogP contribution in [0.15, 0.2) is 47.3 Å². The Hall–Kier alpha value is -2.89. The Morgan fingerprint density at radius 2 is 1.78 bits per heavy atom. The normalized spacial score (nSPS) is 10.2. The molecule has 2 aromatic rings. The van der Waals surface area contributed by atoms with Crippen molar-refractivity contribution in [2.24, 2.45) is 0 Å². The maximum absolute atomic E-state index is 12.3. The zero-order valence-corrected chi connectivity index (χ0v) is 13.1. The van der Waals surface area contributed by atoms with Crippen molar-refractivity contribution in [3.8, 4) is 0 Å². The van der Waals surface area contributed by atoms with Crippen LogP contribution >= 0.6 is 0 Å². The fraction of sp³-hybridized carbons (Fsp3) is 0.235. The minimum Gasteiger partial charge on any atom is -0.350 e. The third kappa shape index (κ3) is 4.54. The van der Waals surface area contributed by atoms with Gasteiger partial charge in [0, 0.05) is 19.2 Å². The molecule has 0 atom stereocenters. The summed E-state index contributed by atoms with van der Waals surface area (Å²) >= 11 is 0. The second-order valence-electron chi connectivity index (χ2n) is 5.22. The minimum absolute atomic E-state index is 0.0923. The van der Waals surface area contributed by atoms with Crippen LogP contribution in [-0.2, 0) is 22.7 Å². The van der Waals surface area contributed by atoms with E-state index >= 15 is 0 Å². The quantitative estimate of drug-likeness (QED) is 0.876. The number of pyridine rings is 1. The van der Waals surface area contributed by atoms with Crippen LogP contribution in [0.2, 0.25) is 0 Å².